The molecule has 0 aliphatic heterocycles. The maximum atomic E-state index is 12.1. The summed E-state index contributed by atoms with van der Waals surface area (Å²) < 4.78 is 10.0. The first-order valence-electron chi connectivity index (χ1n) is 7.79. The quantitative estimate of drug-likeness (QED) is 0.366. The molecule has 0 bridgehead atoms. The molecule has 0 saturated carbocycles. The average Bonchev–Trinajstić information content (AvgIpc) is 2.49. The molecule has 0 fully saturated rings. The molecule has 0 atom stereocenters. The summed E-state index contributed by atoms with van der Waals surface area (Å²) in [6.45, 7) is 9.20. The Kier molecular flexibility index (Phi) is 6.97. The van der Waals surface area contributed by atoms with Crippen LogP contribution in [-0.2, 0) is 20.8 Å². The summed E-state index contributed by atoms with van der Waals surface area (Å²) in [7, 11) is 1.29. The van der Waals surface area contributed by atoms with E-state index in [2.05, 4.69) is 15.3 Å². The van der Waals surface area contributed by atoms with E-state index in [1.165, 1.54) is 7.11 Å². The Morgan fingerprint density at radius 2 is 1.92 bits per heavy atom. The van der Waals surface area contributed by atoms with Crippen molar-refractivity contribution in [2.24, 2.45) is 5.11 Å². The standard InChI is InChI=1S/C17H24N4O4/c1-10-12(8-19-9-14(22)25-17(3,4)5)7-13(20-21-18)11(2)15(10)16(23)24-6/h7,19H,8-9H2,1-6H3. The van der Waals surface area contributed by atoms with E-state index in [9.17, 15) is 9.59 Å². The zero-order valence-corrected chi connectivity index (χ0v) is 15.5. The Labute approximate surface area is 147 Å². The monoisotopic (exact) mass is 348 g/mol. The van der Waals surface area contributed by atoms with E-state index in [4.69, 9.17) is 15.0 Å². The molecule has 0 aliphatic rings. The lowest BCUT2D eigenvalue weighted by Gasteiger charge is -2.20. The molecule has 0 amide bonds. The second-order valence-electron chi connectivity index (χ2n) is 6.55. The maximum Gasteiger partial charge on any atom is 0.338 e. The molecule has 0 saturated heterocycles. The van der Waals surface area contributed by atoms with Gasteiger partial charge in [-0.15, -0.1) is 0 Å². The number of hydrogen-bond donors (Lipinski definition) is 1. The second kappa shape index (κ2) is 8.50. The van der Waals surface area contributed by atoms with E-state index in [1.807, 2.05) is 0 Å². The van der Waals surface area contributed by atoms with Gasteiger partial charge in [0, 0.05) is 17.1 Å². The van der Waals surface area contributed by atoms with Crippen LogP contribution in [0.5, 0.6) is 0 Å². The van der Waals surface area contributed by atoms with E-state index in [-0.39, 0.29) is 12.5 Å². The van der Waals surface area contributed by atoms with Gasteiger partial charge in [0.25, 0.3) is 0 Å². The summed E-state index contributed by atoms with van der Waals surface area (Å²) >= 11 is 0. The van der Waals surface area contributed by atoms with E-state index in [0.29, 0.717) is 28.9 Å². The van der Waals surface area contributed by atoms with Crippen LogP contribution in [-0.4, -0.2) is 31.2 Å². The molecule has 1 N–H and O–H groups in total. The van der Waals surface area contributed by atoms with E-state index in [1.54, 1.807) is 40.7 Å². The molecule has 1 rings (SSSR count). The first-order valence-corrected chi connectivity index (χ1v) is 7.79. The zero-order chi connectivity index (χ0) is 19.2. The van der Waals surface area contributed by atoms with Crippen LogP contribution < -0.4 is 5.32 Å². The van der Waals surface area contributed by atoms with Crippen molar-refractivity contribution >= 4 is 17.6 Å². The second-order valence-corrected chi connectivity index (χ2v) is 6.55. The number of methoxy groups -OCH3 is 1. The van der Waals surface area contributed by atoms with Gasteiger partial charge in [0.1, 0.15) is 5.60 Å². The number of benzene rings is 1. The van der Waals surface area contributed by atoms with Gasteiger partial charge in [0.2, 0.25) is 0 Å². The van der Waals surface area contributed by atoms with Crippen LogP contribution in [0.1, 0.15) is 47.8 Å². The molecule has 25 heavy (non-hydrogen) atoms. The first kappa shape index (κ1) is 20.5. The molecular weight excluding hydrogens is 324 g/mol. The van der Waals surface area contributed by atoms with Crippen LogP contribution in [0, 0.1) is 13.8 Å². The highest BCUT2D eigenvalue weighted by Crippen LogP contribution is 2.29. The largest absolute Gasteiger partial charge is 0.465 e. The normalized spacial score (nSPS) is 10.8. The lowest BCUT2D eigenvalue weighted by atomic mass is 9.96. The fourth-order valence-corrected chi connectivity index (χ4v) is 2.37. The van der Waals surface area contributed by atoms with Gasteiger partial charge in [-0.25, -0.2) is 4.79 Å². The summed E-state index contributed by atoms with van der Waals surface area (Å²) in [5, 5.41) is 6.61. The molecule has 8 nitrogen and oxygen atoms in total. The number of nitrogens with one attached hydrogen (secondary N) is 1. The first-order chi connectivity index (χ1) is 11.6. The third kappa shape index (κ3) is 5.77. The number of nitrogens with zero attached hydrogens (tertiary/aromatic N) is 3. The molecule has 0 spiro atoms. The third-order valence-corrected chi connectivity index (χ3v) is 3.47. The van der Waals surface area contributed by atoms with Gasteiger partial charge in [0.05, 0.1) is 19.2 Å². The van der Waals surface area contributed by atoms with Gasteiger partial charge >= 0.3 is 11.9 Å². The number of hydrogen-bond acceptors (Lipinski definition) is 6. The van der Waals surface area contributed by atoms with E-state index < -0.39 is 11.6 Å². The zero-order valence-electron chi connectivity index (χ0n) is 15.5. The summed E-state index contributed by atoms with van der Waals surface area (Å²) in [6, 6.07) is 1.69. The maximum absolute atomic E-state index is 12.1. The van der Waals surface area contributed by atoms with Crippen LogP contribution >= 0.6 is 0 Å². The molecule has 0 heterocycles. The minimum absolute atomic E-state index is 0.0228. The molecule has 0 unspecified atom stereocenters. The van der Waals surface area contributed by atoms with Crippen molar-refractivity contribution in [3.63, 3.8) is 0 Å². The fourth-order valence-electron chi connectivity index (χ4n) is 2.37. The van der Waals surface area contributed by atoms with Gasteiger partial charge in [-0.1, -0.05) is 5.11 Å². The third-order valence-electron chi connectivity index (χ3n) is 3.47. The van der Waals surface area contributed by atoms with Crippen molar-refractivity contribution in [1.82, 2.24) is 5.32 Å². The van der Waals surface area contributed by atoms with E-state index >= 15 is 0 Å². The average molecular weight is 348 g/mol. The van der Waals surface area contributed by atoms with Crippen LogP contribution in [0.15, 0.2) is 11.2 Å². The van der Waals surface area contributed by atoms with E-state index in [0.717, 1.165) is 5.56 Å². The SMILES string of the molecule is COC(=O)c1c(C)c(CNCC(=O)OC(C)(C)C)cc(N=[N+]=[N-])c1C. The molecule has 1 aromatic carbocycles. The van der Waals surface area contributed by atoms with Crippen molar-refractivity contribution in [3.05, 3.63) is 38.8 Å². The molecule has 0 radical (unpaired) electrons. The van der Waals surface area contributed by atoms with Crippen molar-refractivity contribution in [2.75, 3.05) is 13.7 Å². The number of carbonyl (C=O) groups is 2. The minimum atomic E-state index is -0.550. The molecular formula is C17H24N4O4. The Morgan fingerprint density at radius 1 is 1.28 bits per heavy atom. The Bertz CT molecular complexity index is 716. The lowest BCUT2D eigenvalue weighted by Crippen LogP contribution is -2.31. The number of esters is 2. The smallest absolute Gasteiger partial charge is 0.338 e. The van der Waals surface area contributed by atoms with Gasteiger partial charge in [-0.3, -0.25) is 4.79 Å². The molecule has 0 aromatic heterocycles. The van der Waals surface area contributed by atoms with Crippen LogP contribution in [0.3, 0.4) is 0 Å². The minimum Gasteiger partial charge on any atom is -0.465 e. The Hall–Kier alpha value is -2.57. The highest BCUT2D eigenvalue weighted by Gasteiger charge is 2.19. The molecule has 0 aliphatic carbocycles. The van der Waals surface area contributed by atoms with Crippen molar-refractivity contribution in [2.45, 2.75) is 46.8 Å². The molecule has 8 heteroatoms. The van der Waals surface area contributed by atoms with Crippen LogP contribution in [0.2, 0.25) is 0 Å². The van der Waals surface area contributed by atoms with Crippen LogP contribution in [0.4, 0.5) is 5.69 Å². The van der Waals surface area contributed by atoms with Crippen molar-refractivity contribution < 1.29 is 19.1 Å². The lowest BCUT2D eigenvalue weighted by molar-refractivity contribution is -0.153. The highest BCUT2D eigenvalue weighted by atomic mass is 16.6. The van der Waals surface area contributed by atoms with Gasteiger partial charge < -0.3 is 14.8 Å². The summed E-state index contributed by atoms with van der Waals surface area (Å²) in [6.07, 6.45) is 0. The fraction of sp³-hybridized carbons (Fsp3) is 0.529. The predicted octanol–water partition coefficient (Wildman–Crippen LogP) is 3.46. The van der Waals surface area contributed by atoms with Gasteiger partial charge in [-0.05, 0) is 62.9 Å². The number of azide groups is 1. The van der Waals surface area contributed by atoms with Crippen molar-refractivity contribution in [3.8, 4) is 0 Å². The molecule has 136 valence electrons. The van der Waals surface area contributed by atoms with Gasteiger partial charge in [0.15, 0.2) is 0 Å². The number of rotatable bonds is 6. The number of ether oxygens (including phenoxy) is 2. The summed E-state index contributed by atoms with van der Waals surface area (Å²) in [5.41, 5.74) is 10.9. The Balaban J connectivity index is 3.03. The number of carbonyl (C=O) groups excluding carboxylic acids is 2. The highest BCUT2D eigenvalue weighted by molar-refractivity contribution is 5.94. The summed E-state index contributed by atoms with van der Waals surface area (Å²) in [4.78, 5) is 26.6. The summed E-state index contributed by atoms with van der Waals surface area (Å²) in [5.74, 6) is -0.876. The molecule has 1 aromatic rings. The predicted molar refractivity (Wildman–Crippen MR) is 93.6 cm³/mol. The van der Waals surface area contributed by atoms with Crippen LogP contribution in [0.25, 0.3) is 10.4 Å². The topological polar surface area (TPSA) is 113 Å². The van der Waals surface area contributed by atoms with Crippen molar-refractivity contribution in [1.29, 1.82) is 0 Å². The Morgan fingerprint density at radius 3 is 2.44 bits per heavy atom. The van der Waals surface area contributed by atoms with Gasteiger partial charge in [-0.2, -0.15) is 0 Å².